The first-order chi connectivity index (χ1) is 18.7. The average Bonchev–Trinajstić information content (AvgIpc) is 3.40. The number of halogens is 3. The molecule has 3 N–H and O–H groups in total. The molecule has 12 heteroatoms. The summed E-state index contributed by atoms with van der Waals surface area (Å²) in [5, 5.41) is 14.3. The van der Waals surface area contributed by atoms with E-state index in [4.69, 9.17) is 5.73 Å². The number of anilines is 1. The van der Waals surface area contributed by atoms with Gasteiger partial charge in [-0.3, -0.25) is 14.6 Å². The van der Waals surface area contributed by atoms with E-state index in [2.05, 4.69) is 25.6 Å². The Hall–Kier alpha value is -5.39. The Labute approximate surface area is 219 Å². The number of hydrogen-bond donors (Lipinski definition) is 2. The van der Waals surface area contributed by atoms with Gasteiger partial charge in [0.2, 0.25) is 5.91 Å². The fourth-order valence-electron chi connectivity index (χ4n) is 3.88. The molecule has 0 saturated heterocycles. The Morgan fingerprint density at radius 3 is 2.36 bits per heavy atom. The maximum Gasteiger partial charge on any atom is 0.433 e. The third kappa shape index (κ3) is 5.34. The van der Waals surface area contributed by atoms with Gasteiger partial charge in [0.25, 0.3) is 5.91 Å². The average molecular weight is 529 g/mol. The molecule has 0 aliphatic heterocycles. The molecule has 0 aliphatic carbocycles. The molecule has 39 heavy (non-hydrogen) atoms. The van der Waals surface area contributed by atoms with Crippen molar-refractivity contribution in [1.29, 1.82) is 0 Å². The highest BCUT2D eigenvalue weighted by atomic mass is 19.4. The zero-order valence-electron chi connectivity index (χ0n) is 19.9. The zero-order valence-corrected chi connectivity index (χ0v) is 19.9. The van der Waals surface area contributed by atoms with Crippen molar-refractivity contribution in [2.45, 2.75) is 6.18 Å². The number of carbonyl (C=O) groups excluding carboxylic acids is 2. The normalized spacial score (nSPS) is 11.3. The number of amides is 2. The first-order valence-corrected chi connectivity index (χ1v) is 11.4. The Kier molecular flexibility index (Phi) is 6.59. The van der Waals surface area contributed by atoms with Crippen LogP contribution in [0.3, 0.4) is 0 Å². The number of nitrogens with two attached hydrogens (primary N) is 1. The summed E-state index contributed by atoms with van der Waals surface area (Å²) < 4.78 is 41.8. The van der Waals surface area contributed by atoms with E-state index < -0.39 is 23.7 Å². The number of hydrogen-bond acceptors (Lipinski definition) is 6. The van der Waals surface area contributed by atoms with Crippen molar-refractivity contribution < 1.29 is 22.8 Å². The molecule has 0 atom stereocenters. The zero-order chi connectivity index (χ0) is 27.6. The van der Waals surface area contributed by atoms with E-state index in [-0.39, 0.29) is 22.9 Å². The standard InChI is InChI=1S/C27H18F3N7O2/c28-27(29,30)22-14-21(18-7-4-12-32-15-18)36-37(22)24-11-10-23(34-35-24)33-26(39)17-6-3-5-16(13-17)19-8-1-2-9-20(19)25(31)38/h1-15H,(H2,31,38)(H,33,34,39). The summed E-state index contributed by atoms with van der Waals surface area (Å²) in [5.74, 6) is -1.32. The summed E-state index contributed by atoms with van der Waals surface area (Å²) >= 11 is 0. The number of pyridine rings is 1. The molecule has 0 bridgehead atoms. The van der Waals surface area contributed by atoms with Crippen molar-refractivity contribution in [3.05, 3.63) is 108 Å². The molecule has 0 radical (unpaired) electrons. The second-order valence-electron chi connectivity index (χ2n) is 8.29. The molecule has 9 nitrogen and oxygen atoms in total. The van der Waals surface area contributed by atoms with Crippen LogP contribution >= 0.6 is 0 Å². The lowest BCUT2D eigenvalue weighted by Crippen LogP contribution is -2.16. The fourth-order valence-corrected chi connectivity index (χ4v) is 3.88. The quantitative estimate of drug-likeness (QED) is 0.326. The summed E-state index contributed by atoms with van der Waals surface area (Å²) in [6.07, 6.45) is -1.81. The maximum absolute atomic E-state index is 13.7. The number of benzene rings is 2. The first kappa shape index (κ1) is 25.3. The van der Waals surface area contributed by atoms with Crippen molar-refractivity contribution in [2.75, 3.05) is 5.32 Å². The first-order valence-electron chi connectivity index (χ1n) is 11.4. The second kappa shape index (κ2) is 10.2. The molecule has 0 unspecified atom stereocenters. The summed E-state index contributed by atoms with van der Waals surface area (Å²) in [7, 11) is 0. The third-order valence-electron chi connectivity index (χ3n) is 5.69. The van der Waals surface area contributed by atoms with Crippen LogP contribution < -0.4 is 11.1 Å². The van der Waals surface area contributed by atoms with E-state index >= 15 is 0 Å². The lowest BCUT2D eigenvalue weighted by Gasteiger charge is -2.10. The summed E-state index contributed by atoms with van der Waals surface area (Å²) in [4.78, 5) is 28.6. The maximum atomic E-state index is 13.7. The van der Waals surface area contributed by atoms with Crippen LogP contribution in [0.4, 0.5) is 19.0 Å². The molecule has 5 rings (SSSR count). The monoisotopic (exact) mass is 529 g/mol. The Bertz CT molecular complexity index is 1670. The molecular formula is C27H18F3N7O2. The predicted octanol–water partition coefficient (Wildman–Crippen LogP) is 4.76. The minimum absolute atomic E-state index is 0.0138. The van der Waals surface area contributed by atoms with Crippen molar-refractivity contribution in [3.63, 3.8) is 0 Å². The van der Waals surface area contributed by atoms with Gasteiger partial charge in [0.1, 0.15) is 0 Å². The van der Waals surface area contributed by atoms with Gasteiger partial charge in [-0.1, -0.05) is 30.3 Å². The van der Waals surface area contributed by atoms with E-state index in [9.17, 15) is 22.8 Å². The van der Waals surface area contributed by atoms with E-state index in [1.54, 1.807) is 60.7 Å². The van der Waals surface area contributed by atoms with E-state index in [1.807, 2.05) is 0 Å². The van der Waals surface area contributed by atoms with Gasteiger partial charge in [-0.2, -0.15) is 18.3 Å². The molecule has 0 aliphatic rings. The molecule has 194 valence electrons. The number of carbonyl (C=O) groups is 2. The third-order valence-corrected chi connectivity index (χ3v) is 5.69. The predicted molar refractivity (Wildman–Crippen MR) is 136 cm³/mol. The molecule has 2 aromatic carbocycles. The highest BCUT2D eigenvalue weighted by Crippen LogP contribution is 2.33. The number of rotatable bonds is 6. The van der Waals surface area contributed by atoms with E-state index in [0.717, 1.165) is 6.07 Å². The number of nitrogens with zero attached hydrogens (tertiary/aromatic N) is 5. The van der Waals surface area contributed by atoms with Crippen LogP contribution in [-0.2, 0) is 6.18 Å². The van der Waals surface area contributed by atoms with Gasteiger partial charge in [0.15, 0.2) is 17.3 Å². The largest absolute Gasteiger partial charge is 0.433 e. The number of aromatic nitrogens is 5. The molecule has 0 fully saturated rings. The van der Waals surface area contributed by atoms with Gasteiger partial charge >= 0.3 is 6.18 Å². The molecule has 3 heterocycles. The molecule has 0 saturated carbocycles. The van der Waals surface area contributed by atoms with Gasteiger partial charge in [0.05, 0.1) is 5.69 Å². The van der Waals surface area contributed by atoms with Gasteiger partial charge in [-0.15, -0.1) is 10.2 Å². The number of nitrogens with one attached hydrogen (secondary N) is 1. The second-order valence-corrected chi connectivity index (χ2v) is 8.29. The Balaban J connectivity index is 1.39. The molecule has 3 aromatic heterocycles. The van der Waals surface area contributed by atoms with Crippen LogP contribution in [0.1, 0.15) is 26.4 Å². The molecule has 2 amide bonds. The van der Waals surface area contributed by atoms with Crippen LogP contribution in [0, 0.1) is 0 Å². The van der Waals surface area contributed by atoms with Crippen LogP contribution in [0.25, 0.3) is 28.2 Å². The van der Waals surface area contributed by atoms with Crippen LogP contribution in [0.2, 0.25) is 0 Å². The van der Waals surface area contributed by atoms with Gasteiger partial charge in [-0.25, -0.2) is 4.68 Å². The summed E-state index contributed by atoms with van der Waals surface area (Å²) in [6, 6.07) is 19.9. The van der Waals surface area contributed by atoms with Crippen molar-refractivity contribution in [2.24, 2.45) is 5.73 Å². The SMILES string of the molecule is NC(=O)c1ccccc1-c1cccc(C(=O)Nc2ccc(-n3nc(-c4cccnc4)cc3C(F)(F)F)nn2)c1. The molecular weight excluding hydrogens is 511 g/mol. The van der Waals surface area contributed by atoms with Crippen molar-refractivity contribution in [3.8, 4) is 28.2 Å². The lowest BCUT2D eigenvalue weighted by atomic mass is 9.97. The Morgan fingerprint density at radius 1 is 0.872 bits per heavy atom. The van der Waals surface area contributed by atoms with Crippen LogP contribution in [0.15, 0.2) is 91.3 Å². The van der Waals surface area contributed by atoms with E-state index in [0.29, 0.717) is 26.9 Å². The lowest BCUT2D eigenvalue weighted by molar-refractivity contribution is -0.142. The topological polar surface area (TPSA) is 129 Å². The minimum Gasteiger partial charge on any atom is -0.366 e. The van der Waals surface area contributed by atoms with Crippen molar-refractivity contribution >= 4 is 17.6 Å². The number of primary amides is 1. The minimum atomic E-state index is -4.71. The highest BCUT2D eigenvalue weighted by Gasteiger charge is 2.37. The van der Waals surface area contributed by atoms with Gasteiger partial charge in [-0.05, 0) is 59.7 Å². The van der Waals surface area contributed by atoms with E-state index in [1.165, 1.54) is 24.5 Å². The summed E-state index contributed by atoms with van der Waals surface area (Å²) in [5.41, 5.74) is 6.61. The van der Waals surface area contributed by atoms with Gasteiger partial charge in [0, 0.05) is 29.1 Å². The van der Waals surface area contributed by atoms with Crippen LogP contribution in [0.5, 0.6) is 0 Å². The highest BCUT2D eigenvalue weighted by molar-refractivity contribution is 6.05. The molecule has 0 spiro atoms. The smallest absolute Gasteiger partial charge is 0.366 e. The molecule has 5 aromatic rings. The fraction of sp³-hybridized carbons (Fsp3) is 0.0370. The Morgan fingerprint density at radius 2 is 1.67 bits per heavy atom. The van der Waals surface area contributed by atoms with Crippen molar-refractivity contribution in [1.82, 2.24) is 25.0 Å². The van der Waals surface area contributed by atoms with Gasteiger partial charge < -0.3 is 11.1 Å². The summed E-state index contributed by atoms with van der Waals surface area (Å²) in [6.45, 7) is 0. The number of alkyl halides is 3. The van der Waals surface area contributed by atoms with Crippen LogP contribution in [-0.4, -0.2) is 36.8 Å².